The molecule has 0 unspecified atom stereocenters. The highest BCUT2D eigenvalue weighted by Crippen LogP contribution is 2.31. The summed E-state index contributed by atoms with van der Waals surface area (Å²) in [6, 6.07) is 9.40. The molecule has 0 saturated heterocycles. The molecule has 0 aliphatic rings. The lowest BCUT2D eigenvalue weighted by Gasteiger charge is -2.13. The smallest absolute Gasteiger partial charge is 0.337 e. The SMILES string of the molecule is CCCCCCCCS(=O)(=O)Nc1cc(-c2cc(Cl)cc(Cl)c2)ccc1C(=O)O. The third-order valence-corrected chi connectivity index (χ3v) is 6.27. The number of carboxylic acid groups (broad SMARTS) is 1. The highest BCUT2D eigenvalue weighted by molar-refractivity contribution is 7.92. The number of sulfonamides is 1. The molecule has 0 bridgehead atoms. The average molecular weight is 458 g/mol. The van der Waals surface area contributed by atoms with Gasteiger partial charge in [0.25, 0.3) is 0 Å². The number of anilines is 1. The van der Waals surface area contributed by atoms with Crippen LogP contribution >= 0.6 is 23.2 Å². The first-order chi connectivity index (χ1) is 13.7. The highest BCUT2D eigenvalue weighted by Gasteiger charge is 2.17. The third-order valence-electron chi connectivity index (χ3n) is 4.48. The number of hydrogen-bond acceptors (Lipinski definition) is 3. The molecule has 0 aliphatic heterocycles. The van der Waals surface area contributed by atoms with Crippen LogP contribution in [0.3, 0.4) is 0 Å². The number of carbonyl (C=O) groups is 1. The van der Waals surface area contributed by atoms with Gasteiger partial charge in [0.2, 0.25) is 10.0 Å². The minimum Gasteiger partial charge on any atom is -0.478 e. The normalized spacial score (nSPS) is 11.4. The van der Waals surface area contributed by atoms with E-state index < -0.39 is 16.0 Å². The van der Waals surface area contributed by atoms with Crippen LogP contribution in [0.2, 0.25) is 10.0 Å². The quantitative estimate of drug-likeness (QED) is 0.379. The van der Waals surface area contributed by atoms with E-state index in [0.717, 1.165) is 32.1 Å². The van der Waals surface area contributed by atoms with Crippen LogP contribution in [0, 0.1) is 0 Å². The predicted octanol–water partition coefficient (Wildman–Crippen LogP) is 6.46. The Bertz CT molecular complexity index is 941. The van der Waals surface area contributed by atoms with E-state index in [0.29, 0.717) is 27.6 Å². The van der Waals surface area contributed by atoms with Crippen molar-refractivity contribution in [1.29, 1.82) is 0 Å². The fourth-order valence-corrected chi connectivity index (χ4v) is 4.72. The van der Waals surface area contributed by atoms with Crippen LogP contribution in [-0.2, 0) is 10.0 Å². The molecule has 29 heavy (non-hydrogen) atoms. The Labute approximate surface area is 182 Å². The molecule has 0 radical (unpaired) electrons. The fraction of sp³-hybridized carbons (Fsp3) is 0.381. The van der Waals surface area contributed by atoms with Crippen molar-refractivity contribution in [1.82, 2.24) is 0 Å². The second kappa shape index (κ2) is 10.9. The van der Waals surface area contributed by atoms with Crippen molar-refractivity contribution in [3.05, 3.63) is 52.0 Å². The van der Waals surface area contributed by atoms with Crippen molar-refractivity contribution in [2.75, 3.05) is 10.5 Å². The molecule has 2 rings (SSSR count). The number of carboxylic acids is 1. The zero-order valence-corrected chi connectivity index (χ0v) is 18.6. The van der Waals surface area contributed by atoms with E-state index in [4.69, 9.17) is 23.2 Å². The molecule has 0 amide bonds. The molecule has 158 valence electrons. The van der Waals surface area contributed by atoms with Crippen molar-refractivity contribution in [2.45, 2.75) is 45.4 Å². The predicted molar refractivity (Wildman–Crippen MR) is 120 cm³/mol. The zero-order valence-electron chi connectivity index (χ0n) is 16.2. The van der Waals surface area contributed by atoms with Gasteiger partial charge >= 0.3 is 5.97 Å². The van der Waals surface area contributed by atoms with Gasteiger partial charge in [-0.15, -0.1) is 0 Å². The monoisotopic (exact) mass is 457 g/mol. The van der Waals surface area contributed by atoms with Crippen LogP contribution < -0.4 is 4.72 Å². The Kier molecular flexibility index (Phi) is 8.80. The molecule has 2 aromatic rings. The minimum absolute atomic E-state index is 0.0251. The highest BCUT2D eigenvalue weighted by atomic mass is 35.5. The first-order valence-electron chi connectivity index (χ1n) is 9.56. The summed E-state index contributed by atoms with van der Waals surface area (Å²) in [5.74, 6) is -1.26. The van der Waals surface area contributed by atoms with Crippen LogP contribution in [0.5, 0.6) is 0 Å². The van der Waals surface area contributed by atoms with Gasteiger partial charge in [0.15, 0.2) is 0 Å². The van der Waals surface area contributed by atoms with Gasteiger partial charge in [0.05, 0.1) is 17.0 Å². The molecule has 0 aliphatic carbocycles. The average Bonchev–Trinajstić information content (AvgIpc) is 2.63. The molecule has 0 spiro atoms. The van der Waals surface area contributed by atoms with Crippen LogP contribution in [0.4, 0.5) is 5.69 Å². The second-order valence-corrected chi connectivity index (χ2v) is 9.63. The molecule has 2 N–H and O–H groups in total. The number of hydrogen-bond donors (Lipinski definition) is 2. The molecule has 0 heterocycles. The first kappa shape index (κ1) is 23.5. The molecule has 0 fully saturated rings. The maximum atomic E-state index is 12.5. The Morgan fingerprint density at radius 3 is 2.17 bits per heavy atom. The van der Waals surface area contributed by atoms with E-state index in [9.17, 15) is 18.3 Å². The first-order valence-corrected chi connectivity index (χ1v) is 12.0. The lowest BCUT2D eigenvalue weighted by Crippen LogP contribution is -2.18. The Morgan fingerprint density at radius 2 is 1.55 bits per heavy atom. The number of halogens is 2. The number of nitrogens with one attached hydrogen (secondary N) is 1. The van der Waals surface area contributed by atoms with E-state index >= 15 is 0 Å². The van der Waals surface area contributed by atoms with Gasteiger partial charge < -0.3 is 5.11 Å². The zero-order chi connectivity index (χ0) is 21.4. The second-order valence-electron chi connectivity index (χ2n) is 6.91. The van der Waals surface area contributed by atoms with E-state index in [-0.39, 0.29) is 17.0 Å². The maximum Gasteiger partial charge on any atom is 0.337 e. The summed E-state index contributed by atoms with van der Waals surface area (Å²) in [7, 11) is -3.66. The number of benzene rings is 2. The van der Waals surface area contributed by atoms with Gasteiger partial charge in [-0.1, -0.05) is 68.3 Å². The molecule has 0 atom stereocenters. The van der Waals surface area contributed by atoms with E-state index in [1.165, 1.54) is 12.1 Å². The summed E-state index contributed by atoms with van der Waals surface area (Å²) in [6.07, 6.45) is 5.73. The number of unbranched alkanes of at least 4 members (excludes halogenated alkanes) is 5. The van der Waals surface area contributed by atoms with Gasteiger partial charge in [-0.2, -0.15) is 0 Å². The minimum atomic E-state index is -3.66. The van der Waals surface area contributed by atoms with Crippen molar-refractivity contribution >= 4 is 44.9 Å². The molecular weight excluding hydrogens is 433 g/mol. The molecule has 0 aromatic heterocycles. The molecule has 8 heteroatoms. The van der Waals surface area contributed by atoms with Crippen molar-refractivity contribution in [3.8, 4) is 11.1 Å². The lowest BCUT2D eigenvalue weighted by atomic mass is 10.0. The summed E-state index contributed by atoms with van der Waals surface area (Å²) in [6.45, 7) is 2.12. The maximum absolute atomic E-state index is 12.5. The molecule has 5 nitrogen and oxygen atoms in total. The van der Waals surface area contributed by atoms with Gasteiger partial charge in [-0.05, 0) is 47.9 Å². The van der Waals surface area contributed by atoms with Crippen molar-refractivity contribution in [3.63, 3.8) is 0 Å². The van der Waals surface area contributed by atoms with Crippen molar-refractivity contribution in [2.24, 2.45) is 0 Å². The van der Waals surface area contributed by atoms with E-state index in [1.807, 2.05) is 0 Å². The van der Waals surface area contributed by atoms with Gasteiger partial charge in [-0.3, -0.25) is 4.72 Å². The Balaban J connectivity index is 2.20. The third kappa shape index (κ3) is 7.53. The molecule has 2 aromatic carbocycles. The van der Waals surface area contributed by atoms with Crippen molar-refractivity contribution < 1.29 is 18.3 Å². The molecular formula is C21H25Cl2NO4S. The standard InChI is InChI=1S/C21H25Cl2NO4S/c1-2-3-4-5-6-7-10-29(27,28)24-20-13-15(8-9-19(20)21(25)26)16-11-17(22)14-18(23)12-16/h8-9,11-14,24H,2-7,10H2,1H3,(H,25,26). The van der Waals surface area contributed by atoms with Gasteiger partial charge in [0.1, 0.15) is 0 Å². The Morgan fingerprint density at radius 1 is 0.931 bits per heavy atom. The summed E-state index contributed by atoms with van der Waals surface area (Å²) < 4.78 is 27.4. The summed E-state index contributed by atoms with van der Waals surface area (Å²) in [4.78, 5) is 11.5. The van der Waals surface area contributed by atoms with Gasteiger partial charge in [-0.25, -0.2) is 13.2 Å². The van der Waals surface area contributed by atoms with Crippen LogP contribution in [0.1, 0.15) is 55.8 Å². The largest absolute Gasteiger partial charge is 0.478 e. The summed E-state index contributed by atoms with van der Waals surface area (Å²) in [5.41, 5.74) is 1.18. The van der Waals surface area contributed by atoms with Crippen LogP contribution in [-0.4, -0.2) is 25.2 Å². The summed E-state index contributed by atoms with van der Waals surface area (Å²) in [5, 5.41) is 10.3. The topological polar surface area (TPSA) is 83.5 Å². The fourth-order valence-electron chi connectivity index (χ4n) is 3.01. The number of rotatable bonds is 11. The van der Waals surface area contributed by atoms with E-state index in [1.54, 1.807) is 24.3 Å². The lowest BCUT2D eigenvalue weighted by molar-refractivity contribution is 0.0698. The van der Waals surface area contributed by atoms with Crippen LogP contribution in [0.25, 0.3) is 11.1 Å². The number of aromatic carboxylic acids is 1. The van der Waals surface area contributed by atoms with Gasteiger partial charge in [0, 0.05) is 10.0 Å². The summed E-state index contributed by atoms with van der Waals surface area (Å²) >= 11 is 12.1. The Hall–Kier alpha value is -1.76. The van der Waals surface area contributed by atoms with Crippen LogP contribution in [0.15, 0.2) is 36.4 Å². The van der Waals surface area contributed by atoms with E-state index in [2.05, 4.69) is 11.6 Å². The molecule has 0 saturated carbocycles.